The van der Waals surface area contributed by atoms with E-state index in [4.69, 9.17) is 0 Å². The normalized spacial score (nSPS) is 44.1. The van der Waals surface area contributed by atoms with Gasteiger partial charge in [0.15, 0.2) is 0 Å². The Hall–Kier alpha value is -0.610. The summed E-state index contributed by atoms with van der Waals surface area (Å²) in [6.45, 7) is 4.20. The molecule has 3 rings (SSSR count). The molecule has 3 atom stereocenters. The minimum Gasteiger partial charge on any atom is -0.352 e. The molecule has 1 saturated carbocycles. The number of carbonyl (C=O) groups excluding carboxylic acids is 1. The highest BCUT2D eigenvalue weighted by molar-refractivity contribution is 5.80. The molecule has 2 aliphatic heterocycles. The summed E-state index contributed by atoms with van der Waals surface area (Å²) in [5.74, 6) is 1.99. The second-order valence-corrected chi connectivity index (χ2v) is 5.27. The van der Waals surface area contributed by atoms with Crippen LogP contribution in [0.2, 0.25) is 0 Å². The van der Waals surface area contributed by atoms with E-state index in [1.165, 1.54) is 0 Å². The van der Waals surface area contributed by atoms with E-state index in [1.54, 1.807) is 0 Å². The molecular weight excluding hydrogens is 190 g/mol. The van der Waals surface area contributed by atoms with E-state index in [2.05, 4.69) is 22.6 Å². The van der Waals surface area contributed by atoms with E-state index in [0.29, 0.717) is 11.9 Å². The molecule has 0 radical (unpaired) electrons. The minimum absolute atomic E-state index is 0.240. The monoisotopic (exact) mass is 209 g/mol. The van der Waals surface area contributed by atoms with E-state index in [0.717, 1.165) is 44.4 Å². The highest BCUT2D eigenvalue weighted by Gasteiger charge is 2.53. The molecule has 2 N–H and O–H groups in total. The van der Waals surface area contributed by atoms with E-state index in [1.807, 2.05) is 0 Å². The second kappa shape index (κ2) is 3.46. The largest absolute Gasteiger partial charge is 0.352 e. The number of hydrogen-bond acceptors (Lipinski definition) is 3. The lowest BCUT2D eigenvalue weighted by atomic mass is 10.1. The van der Waals surface area contributed by atoms with Crippen LogP contribution in [0.15, 0.2) is 0 Å². The lowest BCUT2D eigenvalue weighted by molar-refractivity contribution is -0.124. The maximum absolute atomic E-state index is 11.9. The molecule has 1 aliphatic carbocycles. The van der Waals surface area contributed by atoms with Gasteiger partial charge in [-0.05, 0) is 31.8 Å². The minimum atomic E-state index is 0.240. The van der Waals surface area contributed by atoms with E-state index >= 15 is 0 Å². The van der Waals surface area contributed by atoms with Crippen LogP contribution in [0.3, 0.4) is 0 Å². The maximum atomic E-state index is 11.9. The Balaban J connectivity index is 1.50. The summed E-state index contributed by atoms with van der Waals surface area (Å²) in [4.78, 5) is 14.1. The first-order valence-electron chi connectivity index (χ1n) is 5.95. The topological polar surface area (TPSA) is 44.4 Å². The van der Waals surface area contributed by atoms with Gasteiger partial charge in [0, 0.05) is 25.7 Å². The molecule has 3 unspecified atom stereocenters. The highest BCUT2D eigenvalue weighted by atomic mass is 16.2. The number of hydrogen-bond donors (Lipinski definition) is 2. The molecule has 0 bridgehead atoms. The van der Waals surface area contributed by atoms with Crippen LogP contribution in [0.25, 0.3) is 0 Å². The van der Waals surface area contributed by atoms with Crippen molar-refractivity contribution in [3.8, 4) is 0 Å². The fourth-order valence-electron chi connectivity index (χ4n) is 3.06. The summed E-state index contributed by atoms with van der Waals surface area (Å²) in [7, 11) is 2.09. The lowest BCUT2D eigenvalue weighted by Crippen LogP contribution is -2.37. The van der Waals surface area contributed by atoms with Crippen molar-refractivity contribution in [3.05, 3.63) is 0 Å². The smallest absolute Gasteiger partial charge is 0.224 e. The zero-order valence-corrected chi connectivity index (χ0v) is 9.20. The van der Waals surface area contributed by atoms with Crippen LogP contribution >= 0.6 is 0 Å². The number of nitrogens with one attached hydrogen (secondary N) is 2. The molecule has 4 nitrogen and oxygen atoms in total. The maximum Gasteiger partial charge on any atom is 0.224 e. The van der Waals surface area contributed by atoms with Gasteiger partial charge in [-0.1, -0.05) is 0 Å². The Labute approximate surface area is 90.4 Å². The molecule has 0 aromatic rings. The standard InChI is InChI=1S/C11H19N3O/c1-14-3-2-7(6-14)11(15)13-10-8-4-12-5-9(8)10/h7-10,12H,2-6H2,1H3,(H,13,15). The summed E-state index contributed by atoms with van der Waals surface area (Å²) in [5.41, 5.74) is 0. The molecule has 0 aromatic carbocycles. The number of rotatable bonds is 2. The van der Waals surface area contributed by atoms with Crippen LogP contribution in [0, 0.1) is 17.8 Å². The van der Waals surface area contributed by atoms with Crippen LogP contribution in [0.4, 0.5) is 0 Å². The van der Waals surface area contributed by atoms with Gasteiger partial charge in [-0.15, -0.1) is 0 Å². The van der Waals surface area contributed by atoms with Crippen molar-refractivity contribution >= 4 is 5.91 Å². The van der Waals surface area contributed by atoms with E-state index in [-0.39, 0.29) is 5.92 Å². The molecular formula is C11H19N3O. The summed E-state index contributed by atoms with van der Waals surface area (Å²) in [6, 6.07) is 0.490. The van der Waals surface area contributed by atoms with Crippen LogP contribution in [-0.2, 0) is 4.79 Å². The van der Waals surface area contributed by atoms with Crippen molar-refractivity contribution in [3.63, 3.8) is 0 Å². The third-order valence-corrected chi connectivity index (χ3v) is 4.16. The first-order chi connectivity index (χ1) is 7.25. The number of amides is 1. The van der Waals surface area contributed by atoms with Gasteiger partial charge < -0.3 is 15.5 Å². The molecule has 2 saturated heterocycles. The molecule has 0 aromatic heterocycles. The second-order valence-electron chi connectivity index (χ2n) is 5.27. The van der Waals surface area contributed by atoms with Crippen molar-refractivity contribution in [2.24, 2.45) is 17.8 Å². The number of nitrogens with zero attached hydrogens (tertiary/aromatic N) is 1. The molecule has 15 heavy (non-hydrogen) atoms. The third-order valence-electron chi connectivity index (χ3n) is 4.16. The highest BCUT2D eigenvalue weighted by Crippen LogP contribution is 2.41. The first kappa shape index (κ1) is 9.60. The number of fused-ring (bicyclic) bond motifs is 1. The fourth-order valence-corrected chi connectivity index (χ4v) is 3.06. The summed E-state index contributed by atoms with van der Waals surface area (Å²) >= 11 is 0. The number of piperidine rings is 1. The quantitative estimate of drug-likeness (QED) is 0.630. The van der Waals surface area contributed by atoms with Crippen molar-refractivity contribution in [1.29, 1.82) is 0 Å². The fraction of sp³-hybridized carbons (Fsp3) is 0.909. The zero-order valence-electron chi connectivity index (χ0n) is 9.20. The Morgan fingerprint density at radius 1 is 1.40 bits per heavy atom. The third kappa shape index (κ3) is 1.66. The summed E-state index contributed by atoms with van der Waals surface area (Å²) in [5, 5.41) is 6.55. The Morgan fingerprint density at radius 3 is 2.73 bits per heavy atom. The van der Waals surface area contributed by atoms with Crippen LogP contribution in [0.5, 0.6) is 0 Å². The SMILES string of the molecule is CN1CCC(C(=O)NC2C3CNCC32)C1. The van der Waals surface area contributed by atoms with Gasteiger partial charge in [0.1, 0.15) is 0 Å². The van der Waals surface area contributed by atoms with Gasteiger partial charge in [-0.25, -0.2) is 0 Å². The van der Waals surface area contributed by atoms with E-state index in [9.17, 15) is 4.79 Å². The van der Waals surface area contributed by atoms with Crippen molar-refractivity contribution in [2.75, 3.05) is 33.2 Å². The molecule has 3 aliphatic rings. The van der Waals surface area contributed by atoms with Gasteiger partial charge in [0.05, 0.1) is 5.92 Å². The molecule has 2 heterocycles. The van der Waals surface area contributed by atoms with Gasteiger partial charge >= 0.3 is 0 Å². The van der Waals surface area contributed by atoms with Gasteiger partial charge in [0.25, 0.3) is 0 Å². The average molecular weight is 209 g/mol. The summed E-state index contributed by atoms with van der Waals surface area (Å²) < 4.78 is 0. The molecule has 1 amide bonds. The molecule has 0 spiro atoms. The Kier molecular flexibility index (Phi) is 2.21. The van der Waals surface area contributed by atoms with Crippen molar-refractivity contribution in [1.82, 2.24) is 15.5 Å². The Morgan fingerprint density at radius 2 is 2.13 bits per heavy atom. The zero-order chi connectivity index (χ0) is 10.4. The van der Waals surface area contributed by atoms with Gasteiger partial charge in [-0.3, -0.25) is 4.79 Å². The number of carbonyl (C=O) groups is 1. The number of likely N-dealkylation sites (tertiary alicyclic amines) is 1. The Bertz CT molecular complexity index is 271. The first-order valence-corrected chi connectivity index (χ1v) is 5.95. The van der Waals surface area contributed by atoms with Crippen LogP contribution in [-0.4, -0.2) is 50.1 Å². The summed E-state index contributed by atoms with van der Waals surface area (Å²) in [6.07, 6.45) is 1.03. The lowest BCUT2D eigenvalue weighted by Gasteiger charge is -2.12. The van der Waals surface area contributed by atoms with Crippen LogP contribution < -0.4 is 10.6 Å². The van der Waals surface area contributed by atoms with Crippen LogP contribution in [0.1, 0.15) is 6.42 Å². The molecule has 3 fully saturated rings. The van der Waals surface area contributed by atoms with E-state index < -0.39 is 0 Å². The predicted octanol–water partition coefficient (Wildman–Crippen LogP) is -0.728. The van der Waals surface area contributed by atoms with Crippen molar-refractivity contribution in [2.45, 2.75) is 12.5 Å². The average Bonchev–Trinajstić information content (AvgIpc) is 2.66. The van der Waals surface area contributed by atoms with Gasteiger partial charge in [0.2, 0.25) is 5.91 Å². The molecule has 4 heteroatoms. The molecule has 84 valence electrons. The van der Waals surface area contributed by atoms with Gasteiger partial charge in [-0.2, -0.15) is 0 Å². The predicted molar refractivity (Wildman–Crippen MR) is 57.4 cm³/mol. The van der Waals surface area contributed by atoms with Crippen molar-refractivity contribution < 1.29 is 4.79 Å².